The standard InChI is InChI=1S/C9H18N2/c1-7-5-10-6-8(2)11(7)9-3-4-9/h7-10H,3-6H2,1-2H3/t7-,8-/m0/s1. The summed E-state index contributed by atoms with van der Waals surface area (Å²) in [6, 6.07) is 2.44. The van der Waals surface area contributed by atoms with E-state index in [1.54, 1.807) is 0 Å². The average molecular weight is 154 g/mol. The molecule has 2 heteroatoms. The molecule has 2 nitrogen and oxygen atoms in total. The zero-order valence-corrected chi connectivity index (χ0v) is 7.51. The van der Waals surface area contributed by atoms with Gasteiger partial charge in [0.1, 0.15) is 0 Å². The summed E-state index contributed by atoms with van der Waals surface area (Å²) in [5, 5.41) is 3.46. The van der Waals surface area contributed by atoms with Crippen molar-refractivity contribution in [1.29, 1.82) is 0 Å². The van der Waals surface area contributed by atoms with E-state index in [-0.39, 0.29) is 0 Å². The van der Waals surface area contributed by atoms with Crippen LogP contribution in [0.4, 0.5) is 0 Å². The summed E-state index contributed by atoms with van der Waals surface area (Å²) in [6.45, 7) is 7.03. The molecule has 1 aliphatic heterocycles. The fraction of sp³-hybridized carbons (Fsp3) is 1.00. The summed E-state index contributed by atoms with van der Waals surface area (Å²) >= 11 is 0. The van der Waals surface area contributed by atoms with Gasteiger partial charge in [-0.2, -0.15) is 0 Å². The molecule has 0 spiro atoms. The summed E-state index contributed by atoms with van der Waals surface area (Å²) in [5.74, 6) is 0. The van der Waals surface area contributed by atoms with Crippen molar-refractivity contribution in [3.05, 3.63) is 0 Å². The van der Waals surface area contributed by atoms with Crippen LogP contribution in [0.2, 0.25) is 0 Å². The predicted molar refractivity (Wildman–Crippen MR) is 46.7 cm³/mol. The van der Waals surface area contributed by atoms with Gasteiger partial charge in [-0.05, 0) is 26.7 Å². The molecule has 0 unspecified atom stereocenters. The average Bonchev–Trinajstić information content (AvgIpc) is 2.70. The van der Waals surface area contributed by atoms with E-state index >= 15 is 0 Å². The third kappa shape index (κ3) is 1.42. The lowest BCUT2D eigenvalue weighted by atomic mass is 10.1. The lowest BCUT2D eigenvalue weighted by molar-refractivity contribution is 0.108. The maximum atomic E-state index is 3.46. The fourth-order valence-corrected chi connectivity index (χ4v) is 2.24. The molecule has 2 atom stereocenters. The molecule has 0 aromatic heterocycles. The summed E-state index contributed by atoms with van der Waals surface area (Å²) in [5.41, 5.74) is 0. The molecule has 0 bridgehead atoms. The van der Waals surface area contributed by atoms with E-state index in [9.17, 15) is 0 Å². The molecular weight excluding hydrogens is 136 g/mol. The highest BCUT2D eigenvalue weighted by molar-refractivity contribution is 4.93. The molecule has 0 radical (unpaired) electrons. The van der Waals surface area contributed by atoms with Crippen molar-refractivity contribution < 1.29 is 0 Å². The van der Waals surface area contributed by atoms with E-state index in [0.717, 1.165) is 18.1 Å². The van der Waals surface area contributed by atoms with Gasteiger partial charge in [-0.15, -0.1) is 0 Å². The molecule has 0 aromatic carbocycles. The van der Waals surface area contributed by atoms with Crippen LogP contribution in [-0.4, -0.2) is 36.1 Å². The minimum absolute atomic E-state index is 0.756. The van der Waals surface area contributed by atoms with Gasteiger partial charge in [0.2, 0.25) is 0 Å². The fourth-order valence-electron chi connectivity index (χ4n) is 2.24. The van der Waals surface area contributed by atoms with Gasteiger partial charge in [0.15, 0.2) is 0 Å². The minimum Gasteiger partial charge on any atom is -0.314 e. The first-order valence-corrected chi connectivity index (χ1v) is 4.77. The summed E-state index contributed by atoms with van der Waals surface area (Å²) in [4.78, 5) is 2.69. The van der Waals surface area contributed by atoms with Gasteiger partial charge in [0.25, 0.3) is 0 Å². The lowest BCUT2D eigenvalue weighted by Crippen LogP contribution is -2.55. The van der Waals surface area contributed by atoms with Crippen LogP contribution in [0, 0.1) is 0 Å². The molecule has 0 amide bonds. The van der Waals surface area contributed by atoms with Crippen molar-refractivity contribution in [1.82, 2.24) is 10.2 Å². The number of piperazine rings is 1. The molecule has 64 valence electrons. The van der Waals surface area contributed by atoms with Gasteiger partial charge in [-0.1, -0.05) is 0 Å². The predicted octanol–water partition coefficient (Wildman–Crippen LogP) is 0.831. The first-order valence-electron chi connectivity index (χ1n) is 4.77. The second kappa shape index (κ2) is 2.76. The number of hydrogen-bond donors (Lipinski definition) is 1. The summed E-state index contributed by atoms with van der Waals surface area (Å²) < 4.78 is 0. The van der Waals surface area contributed by atoms with Crippen LogP contribution in [0.3, 0.4) is 0 Å². The smallest absolute Gasteiger partial charge is 0.0198 e. The Morgan fingerprint density at radius 2 is 1.64 bits per heavy atom. The number of nitrogens with one attached hydrogen (secondary N) is 1. The molecule has 1 heterocycles. The summed E-state index contributed by atoms with van der Waals surface area (Å²) in [7, 11) is 0. The second-order valence-electron chi connectivity index (χ2n) is 4.03. The lowest BCUT2D eigenvalue weighted by Gasteiger charge is -2.39. The van der Waals surface area contributed by atoms with Gasteiger partial charge >= 0.3 is 0 Å². The second-order valence-corrected chi connectivity index (χ2v) is 4.03. The molecule has 11 heavy (non-hydrogen) atoms. The quantitative estimate of drug-likeness (QED) is 0.602. The Balaban J connectivity index is 1.99. The van der Waals surface area contributed by atoms with E-state index in [4.69, 9.17) is 0 Å². The topological polar surface area (TPSA) is 15.3 Å². The van der Waals surface area contributed by atoms with Crippen molar-refractivity contribution in [2.45, 2.75) is 44.8 Å². The molecule has 1 N–H and O–H groups in total. The maximum absolute atomic E-state index is 3.46. The van der Waals surface area contributed by atoms with Crippen LogP contribution in [-0.2, 0) is 0 Å². The highest BCUT2D eigenvalue weighted by Crippen LogP contribution is 2.31. The van der Waals surface area contributed by atoms with Crippen LogP contribution >= 0.6 is 0 Å². The van der Waals surface area contributed by atoms with Crippen molar-refractivity contribution in [2.75, 3.05) is 13.1 Å². The summed E-state index contributed by atoms with van der Waals surface area (Å²) in [6.07, 6.45) is 2.88. The maximum Gasteiger partial charge on any atom is 0.0198 e. The van der Waals surface area contributed by atoms with Crippen LogP contribution in [0.5, 0.6) is 0 Å². The number of hydrogen-bond acceptors (Lipinski definition) is 2. The molecule has 0 aromatic rings. The first kappa shape index (κ1) is 7.56. The van der Waals surface area contributed by atoms with Crippen LogP contribution in [0.15, 0.2) is 0 Å². The SMILES string of the molecule is C[C@H]1CNC[C@H](C)N1C1CC1. The van der Waals surface area contributed by atoms with E-state index in [1.807, 2.05) is 0 Å². The molecular formula is C9H18N2. The third-order valence-electron chi connectivity index (χ3n) is 2.87. The van der Waals surface area contributed by atoms with Crippen molar-refractivity contribution in [3.8, 4) is 0 Å². The highest BCUT2D eigenvalue weighted by Gasteiger charge is 2.36. The molecule has 2 fully saturated rings. The van der Waals surface area contributed by atoms with Crippen molar-refractivity contribution >= 4 is 0 Å². The van der Waals surface area contributed by atoms with Crippen LogP contribution in [0.25, 0.3) is 0 Å². The van der Waals surface area contributed by atoms with E-state index in [1.165, 1.54) is 25.9 Å². The van der Waals surface area contributed by atoms with Gasteiger partial charge in [-0.25, -0.2) is 0 Å². The Hall–Kier alpha value is -0.0800. The normalized spacial score (nSPS) is 40.9. The Bertz CT molecular complexity index is 132. The van der Waals surface area contributed by atoms with Gasteiger partial charge in [0, 0.05) is 31.2 Å². The monoisotopic (exact) mass is 154 g/mol. The molecule has 1 saturated carbocycles. The van der Waals surface area contributed by atoms with E-state index in [2.05, 4.69) is 24.1 Å². The Morgan fingerprint density at radius 3 is 2.09 bits per heavy atom. The Morgan fingerprint density at radius 1 is 1.09 bits per heavy atom. The van der Waals surface area contributed by atoms with E-state index in [0.29, 0.717) is 0 Å². The highest BCUT2D eigenvalue weighted by atomic mass is 15.3. The first-order chi connectivity index (χ1) is 5.29. The largest absolute Gasteiger partial charge is 0.314 e. The zero-order valence-electron chi connectivity index (χ0n) is 7.51. The third-order valence-corrected chi connectivity index (χ3v) is 2.87. The number of rotatable bonds is 1. The minimum atomic E-state index is 0.756. The van der Waals surface area contributed by atoms with Gasteiger partial charge in [-0.3, -0.25) is 4.90 Å². The molecule has 1 saturated heterocycles. The van der Waals surface area contributed by atoms with E-state index < -0.39 is 0 Å². The van der Waals surface area contributed by atoms with Crippen molar-refractivity contribution in [3.63, 3.8) is 0 Å². The Kier molecular flexibility index (Phi) is 1.90. The zero-order chi connectivity index (χ0) is 7.84. The molecule has 2 rings (SSSR count). The van der Waals surface area contributed by atoms with Crippen molar-refractivity contribution in [2.24, 2.45) is 0 Å². The van der Waals surface area contributed by atoms with Gasteiger partial charge in [0.05, 0.1) is 0 Å². The van der Waals surface area contributed by atoms with Crippen LogP contribution < -0.4 is 5.32 Å². The molecule has 1 aliphatic carbocycles. The van der Waals surface area contributed by atoms with Crippen LogP contribution in [0.1, 0.15) is 26.7 Å². The Labute approximate surface area is 69.0 Å². The van der Waals surface area contributed by atoms with Gasteiger partial charge < -0.3 is 5.32 Å². The number of nitrogens with zero attached hydrogens (tertiary/aromatic N) is 1. The molecule has 2 aliphatic rings.